The summed E-state index contributed by atoms with van der Waals surface area (Å²) in [5, 5.41) is 11.3. The van der Waals surface area contributed by atoms with Crippen LogP contribution in [-0.2, 0) is 16.4 Å². The predicted molar refractivity (Wildman–Crippen MR) is 144 cm³/mol. The van der Waals surface area contributed by atoms with Gasteiger partial charge in [-0.2, -0.15) is 13.2 Å². The number of halogens is 4. The Balaban J connectivity index is 1.57. The first-order chi connectivity index (χ1) is 18.9. The number of benzene rings is 1. The van der Waals surface area contributed by atoms with Gasteiger partial charge in [0.2, 0.25) is 10.0 Å². The standard InChI is InChI=1S/C26H30F4N6O3S/c1-35-12-9-17(19(27)16-35)15-33-22-6-4-11-36-23(14-26(28,29)30)20(34-25(22)36)5-3-10-32-21-8-7-18(40(31,37)38)13-24(21)39-2/h4,6-8,11,13,17,19,32-33H,9-10,12,14-16H2,1-2H3,(H2,31,37,38)/t17?,19-/m0/s1. The Morgan fingerprint density at radius 1 is 1.23 bits per heavy atom. The van der Waals surface area contributed by atoms with Crippen molar-refractivity contribution < 1.29 is 30.7 Å². The number of nitrogens with one attached hydrogen (secondary N) is 2. The summed E-state index contributed by atoms with van der Waals surface area (Å²) in [6.07, 6.45) is -4.58. The van der Waals surface area contributed by atoms with Crippen LogP contribution in [0.25, 0.3) is 5.65 Å². The molecule has 14 heteroatoms. The molecule has 0 bridgehead atoms. The summed E-state index contributed by atoms with van der Waals surface area (Å²) in [6.45, 7) is 1.44. The Bertz CT molecular complexity index is 1530. The van der Waals surface area contributed by atoms with Gasteiger partial charge in [0.15, 0.2) is 5.65 Å². The van der Waals surface area contributed by atoms with Gasteiger partial charge in [0, 0.05) is 31.3 Å². The van der Waals surface area contributed by atoms with Gasteiger partial charge < -0.3 is 24.7 Å². The van der Waals surface area contributed by atoms with Gasteiger partial charge in [-0.15, -0.1) is 0 Å². The van der Waals surface area contributed by atoms with Crippen molar-refractivity contribution in [3.63, 3.8) is 0 Å². The van der Waals surface area contributed by atoms with Gasteiger partial charge >= 0.3 is 6.18 Å². The number of primary sulfonamides is 1. The smallest absolute Gasteiger partial charge is 0.394 e. The number of rotatable bonds is 8. The highest BCUT2D eigenvalue weighted by Crippen LogP contribution is 2.29. The average Bonchev–Trinajstić information content (AvgIpc) is 3.21. The largest absolute Gasteiger partial charge is 0.495 e. The third-order valence-corrected chi connectivity index (χ3v) is 7.54. The van der Waals surface area contributed by atoms with Crippen molar-refractivity contribution in [1.29, 1.82) is 0 Å². The lowest BCUT2D eigenvalue weighted by Gasteiger charge is -2.32. The van der Waals surface area contributed by atoms with E-state index in [-0.39, 0.29) is 40.1 Å². The fourth-order valence-corrected chi connectivity index (χ4v) is 5.08. The Labute approximate surface area is 229 Å². The number of pyridine rings is 1. The van der Waals surface area contributed by atoms with Crippen LogP contribution in [0.5, 0.6) is 5.75 Å². The molecule has 9 nitrogen and oxygen atoms in total. The molecule has 0 radical (unpaired) electrons. The topological polar surface area (TPSA) is 114 Å². The second kappa shape index (κ2) is 11.9. The zero-order chi connectivity index (χ0) is 29.1. The van der Waals surface area contributed by atoms with E-state index in [2.05, 4.69) is 27.5 Å². The molecule has 216 valence electrons. The fourth-order valence-electron chi connectivity index (χ4n) is 4.55. The van der Waals surface area contributed by atoms with Crippen LogP contribution < -0.4 is 20.5 Å². The van der Waals surface area contributed by atoms with Gasteiger partial charge in [-0.3, -0.25) is 0 Å². The van der Waals surface area contributed by atoms with Crippen molar-refractivity contribution in [3.8, 4) is 17.6 Å². The number of alkyl halides is 4. The molecule has 0 saturated carbocycles. The number of anilines is 2. The van der Waals surface area contributed by atoms with Gasteiger partial charge in [0.05, 0.1) is 42.0 Å². The van der Waals surface area contributed by atoms with Crippen LogP contribution >= 0.6 is 0 Å². The van der Waals surface area contributed by atoms with Crippen molar-refractivity contribution in [3.05, 3.63) is 47.9 Å². The molecule has 1 aromatic carbocycles. The Hall–Kier alpha value is -3.54. The van der Waals surface area contributed by atoms with Crippen molar-refractivity contribution >= 4 is 27.0 Å². The number of ether oxygens (including phenoxy) is 1. The van der Waals surface area contributed by atoms with Crippen LogP contribution in [0.1, 0.15) is 17.8 Å². The maximum atomic E-state index is 14.5. The number of nitrogens with two attached hydrogens (primary N) is 1. The molecule has 1 unspecified atom stereocenters. The third-order valence-electron chi connectivity index (χ3n) is 6.63. The van der Waals surface area contributed by atoms with E-state index in [1.165, 1.54) is 35.9 Å². The minimum atomic E-state index is -4.50. The SMILES string of the molecule is COc1cc(S(N)(=O)=O)ccc1NCC#Cc1nc2c(NCC3CCN(C)C[C@@H]3F)cccn2c1CC(F)(F)F. The van der Waals surface area contributed by atoms with E-state index in [1.807, 2.05) is 11.9 Å². The molecule has 0 amide bonds. The molecule has 4 rings (SSSR count). The zero-order valence-corrected chi connectivity index (χ0v) is 22.7. The molecular weight excluding hydrogens is 552 g/mol. The van der Waals surface area contributed by atoms with Gasteiger partial charge in [-0.05, 0) is 50.2 Å². The van der Waals surface area contributed by atoms with E-state index in [4.69, 9.17) is 9.88 Å². The normalized spacial score (nSPS) is 18.3. The molecule has 1 aliphatic heterocycles. The summed E-state index contributed by atoms with van der Waals surface area (Å²) >= 11 is 0. The van der Waals surface area contributed by atoms with Crippen molar-refractivity contribution in [2.75, 3.05) is 51.0 Å². The van der Waals surface area contributed by atoms with E-state index >= 15 is 0 Å². The molecule has 0 aliphatic carbocycles. The van der Waals surface area contributed by atoms with Crippen molar-refractivity contribution in [1.82, 2.24) is 14.3 Å². The van der Waals surface area contributed by atoms with E-state index in [0.717, 1.165) is 6.54 Å². The third kappa shape index (κ3) is 7.15. The van der Waals surface area contributed by atoms with Crippen molar-refractivity contribution in [2.24, 2.45) is 11.1 Å². The molecule has 3 heterocycles. The molecule has 1 saturated heterocycles. The number of likely N-dealkylation sites (tertiary alicyclic amines) is 1. The quantitative estimate of drug-likeness (QED) is 0.276. The monoisotopic (exact) mass is 582 g/mol. The predicted octanol–water partition coefficient (Wildman–Crippen LogP) is 3.26. The van der Waals surface area contributed by atoms with Crippen LogP contribution in [0.15, 0.2) is 41.4 Å². The molecule has 1 aliphatic rings. The first-order valence-corrected chi connectivity index (χ1v) is 14.0. The van der Waals surface area contributed by atoms with Crippen LogP contribution in [0.3, 0.4) is 0 Å². The Kier molecular flexibility index (Phi) is 8.77. The number of hydrogen-bond acceptors (Lipinski definition) is 7. The maximum absolute atomic E-state index is 14.5. The summed E-state index contributed by atoms with van der Waals surface area (Å²) in [5.41, 5.74) is 1.02. The van der Waals surface area contributed by atoms with Crippen LogP contribution in [0.2, 0.25) is 0 Å². The number of methoxy groups -OCH3 is 1. The summed E-state index contributed by atoms with van der Waals surface area (Å²) in [6, 6.07) is 7.29. The van der Waals surface area contributed by atoms with Gasteiger partial charge in [-0.1, -0.05) is 5.92 Å². The van der Waals surface area contributed by atoms with E-state index in [1.54, 1.807) is 12.1 Å². The first-order valence-electron chi connectivity index (χ1n) is 12.4. The van der Waals surface area contributed by atoms with E-state index in [0.29, 0.717) is 30.9 Å². The van der Waals surface area contributed by atoms with E-state index < -0.39 is 28.8 Å². The number of imidazole rings is 1. The molecule has 3 aromatic rings. The minimum Gasteiger partial charge on any atom is -0.495 e. The molecule has 2 aromatic heterocycles. The number of sulfonamides is 1. The number of nitrogens with zero attached hydrogens (tertiary/aromatic N) is 3. The summed E-state index contributed by atoms with van der Waals surface area (Å²) in [4.78, 5) is 6.19. The zero-order valence-electron chi connectivity index (χ0n) is 21.9. The summed E-state index contributed by atoms with van der Waals surface area (Å²) < 4.78 is 84.6. The Morgan fingerprint density at radius 2 is 2.00 bits per heavy atom. The van der Waals surface area contributed by atoms with Crippen LogP contribution in [0.4, 0.5) is 28.9 Å². The summed E-state index contributed by atoms with van der Waals surface area (Å²) in [7, 11) is -0.713. The number of piperidine rings is 1. The lowest BCUT2D eigenvalue weighted by Crippen LogP contribution is -2.41. The number of aromatic nitrogens is 2. The lowest BCUT2D eigenvalue weighted by atomic mass is 9.95. The van der Waals surface area contributed by atoms with E-state index in [9.17, 15) is 26.0 Å². The highest BCUT2D eigenvalue weighted by Gasteiger charge is 2.32. The molecule has 0 spiro atoms. The molecule has 4 N–H and O–H groups in total. The molecule has 2 atom stereocenters. The minimum absolute atomic E-state index is 0.00351. The molecule has 40 heavy (non-hydrogen) atoms. The second-order valence-electron chi connectivity index (χ2n) is 9.58. The second-order valence-corrected chi connectivity index (χ2v) is 11.1. The van der Waals surface area contributed by atoms with Gasteiger partial charge in [0.25, 0.3) is 0 Å². The van der Waals surface area contributed by atoms with Crippen LogP contribution in [-0.4, -0.2) is 75.4 Å². The molecule has 1 fully saturated rings. The van der Waals surface area contributed by atoms with Crippen LogP contribution in [0, 0.1) is 17.8 Å². The number of hydrogen-bond donors (Lipinski definition) is 3. The van der Waals surface area contributed by atoms with Gasteiger partial charge in [0.1, 0.15) is 17.6 Å². The first kappa shape index (κ1) is 29.4. The fraction of sp³-hybridized carbons (Fsp3) is 0.423. The molecular formula is C26H30F4N6O3S. The lowest BCUT2D eigenvalue weighted by molar-refractivity contribution is -0.128. The van der Waals surface area contributed by atoms with Gasteiger partial charge in [-0.25, -0.2) is 22.9 Å². The Morgan fingerprint density at radius 3 is 2.67 bits per heavy atom. The number of fused-ring (bicyclic) bond motifs is 1. The highest BCUT2D eigenvalue weighted by molar-refractivity contribution is 7.89. The maximum Gasteiger partial charge on any atom is 0.394 e. The summed E-state index contributed by atoms with van der Waals surface area (Å²) in [5.74, 6) is 5.47. The average molecular weight is 583 g/mol. The van der Waals surface area contributed by atoms with Crippen molar-refractivity contribution in [2.45, 2.75) is 30.1 Å². The highest BCUT2D eigenvalue weighted by atomic mass is 32.2.